The molecule has 0 heterocycles. The molecule has 0 spiro atoms. The highest BCUT2D eigenvalue weighted by Gasteiger charge is 2.54. The molecule has 3 atom stereocenters. The summed E-state index contributed by atoms with van der Waals surface area (Å²) in [6.45, 7) is 4.39. The van der Waals surface area contributed by atoms with Crippen molar-refractivity contribution in [1.29, 1.82) is 0 Å². The fourth-order valence-corrected chi connectivity index (χ4v) is 3.35. The first-order chi connectivity index (χ1) is 6.48. The van der Waals surface area contributed by atoms with E-state index < -0.39 is 5.60 Å². The van der Waals surface area contributed by atoms with Crippen molar-refractivity contribution in [3.8, 4) is 0 Å². The molecule has 2 nitrogen and oxygen atoms in total. The van der Waals surface area contributed by atoms with Crippen molar-refractivity contribution in [2.45, 2.75) is 58.0 Å². The third kappa shape index (κ3) is 1.23. The van der Waals surface area contributed by atoms with Crippen LogP contribution in [0.2, 0.25) is 0 Å². The fourth-order valence-electron chi connectivity index (χ4n) is 3.35. The lowest BCUT2D eigenvalue weighted by Gasteiger charge is -2.54. The Bertz CT molecular complexity index is 261. The van der Waals surface area contributed by atoms with Gasteiger partial charge in [0.15, 0.2) is 0 Å². The van der Waals surface area contributed by atoms with Crippen molar-refractivity contribution in [3.63, 3.8) is 0 Å². The Labute approximate surface area is 85.7 Å². The van der Waals surface area contributed by atoms with Crippen molar-refractivity contribution in [2.75, 3.05) is 0 Å². The van der Waals surface area contributed by atoms with Crippen LogP contribution in [0.1, 0.15) is 52.4 Å². The highest BCUT2D eigenvalue weighted by Crippen LogP contribution is 2.54. The molecule has 0 aromatic carbocycles. The van der Waals surface area contributed by atoms with E-state index in [1.807, 2.05) is 0 Å². The van der Waals surface area contributed by atoms with Crippen molar-refractivity contribution in [2.24, 2.45) is 11.3 Å². The summed E-state index contributed by atoms with van der Waals surface area (Å²) in [6.07, 6.45) is 5.04. The smallest absolute Gasteiger partial charge is 0.135 e. The molecular weight excluding hydrogens is 176 g/mol. The van der Waals surface area contributed by atoms with Crippen molar-refractivity contribution >= 4 is 5.78 Å². The third-order valence-electron chi connectivity index (χ3n) is 4.79. The van der Waals surface area contributed by atoms with Gasteiger partial charge in [-0.1, -0.05) is 20.3 Å². The number of fused-ring (bicyclic) bond motifs is 1. The minimum atomic E-state index is -0.694. The predicted octanol–water partition coefficient (Wildman–Crippen LogP) is 2.30. The van der Waals surface area contributed by atoms with Crippen LogP contribution in [0, 0.1) is 11.3 Å². The quantitative estimate of drug-likeness (QED) is 0.645. The second kappa shape index (κ2) is 3.06. The van der Waals surface area contributed by atoms with E-state index in [0.717, 1.165) is 19.3 Å². The monoisotopic (exact) mass is 196 g/mol. The maximum Gasteiger partial charge on any atom is 0.135 e. The Morgan fingerprint density at radius 1 is 1.43 bits per heavy atom. The Kier molecular flexibility index (Phi) is 2.22. The molecule has 2 heteroatoms. The number of Topliss-reactive ketones (excluding diaryl/α,β-unsaturated/α-hetero) is 1. The molecule has 1 N–H and O–H groups in total. The van der Waals surface area contributed by atoms with Gasteiger partial charge in [0.1, 0.15) is 5.78 Å². The van der Waals surface area contributed by atoms with E-state index >= 15 is 0 Å². The Morgan fingerprint density at radius 2 is 2.14 bits per heavy atom. The lowest BCUT2D eigenvalue weighted by molar-refractivity contribution is -0.168. The van der Waals surface area contributed by atoms with Gasteiger partial charge in [-0.25, -0.2) is 0 Å². The van der Waals surface area contributed by atoms with Gasteiger partial charge in [-0.3, -0.25) is 4.79 Å². The molecule has 0 saturated heterocycles. The zero-order valence-electron chi connectivity index (χ0n) is 9.18. The molecule has 0 aromatic heterocycles. The van der Waals surface area contributed by atoms with Crippen LogP contribution in [0.25, 0.3) is 0 Å². The molecule has 2 aliphatic rings. The molecule has 0 aromatic rings. The normalized spacial score (nSPS) is 48.8. The van der Waals surface area contributed by atoms with Gasteiger partial charge in [0.2, 0.25) is 0 Å². The molecule has 0 bridgehead atoms. The van der Waals surface area contributed by atoms with Crippen molar-refractivity contribution < 1.29 is 9.90 Å². The van der Waals surface area contributed by atoms with Gasteiger partial charge in [0, 0.05) is 12.8 Å². The van der Waals surface area contributed by atoms with Gasteiger partial charge in [0.05, 0.1) is 5.60 Å². The van der Waals surface area contributed by atoms with Crippen LogP contribution < -0.4 is 0 Å². The summed E-state index contributed by atoms with van der Waals surface area (Å²) in [5.74, 6) is 0.799. The molecule has 2 rings (SSSR count). The van der Waals surface area contributed by atoms with Gasteiger partial charge >= 0.3 is 0 Å². The maximum absolute atomic E-state index is 11.4. The molecule has 2 aliphatic carbocycles. The van der Waals surface area contributed by atoms with Crippen molar-refractivity contribution in [1.82, 2.24) is 0 Å². The zero-order valence-corrected chi connectivity index (χ0v) is 9.18. The predicted molar refractivity (Wildman–Crippen MR) is 54.9 cm³/mol. The van der Waals surface area contributed by atoms with Crippen LogP contribution in [0.4, 0.5) is 0 Å². The molecule has 1 unspecified atom stereocenters. The topological polar surface area (TPSA) is 37.3 Å². The summed E-state index contributed by atoms with van der Waals surface area (Å²) < 4.78 is 0. The molecule has 2 fully saturated rings. The maximum atomic E-state index is 11.4. The summed E-state index contributed by atoms with van der Waals surface area (Å²) in [5.41, 5.74) is -0.709. The second-order valence-electron chi connectivity index (χ2n) is 5.46. The standard InChI is InChI=1S/C12H20O2/c1-9-4-3-6-12(14)8-10(13)5-7-11(9,12)2/h9,14H,3-8H2,1-2H3/t9-,11+,12?/m1/s1. The minimum Gasteiger partial charge on any atom is -0.389 e. The van der Waals surface area contributed by atoms with Gasteiger partial charge in [0.25, 0.3) is 0 Å². The fraction of sp³-hybridized carbons (Fsp3) is 0.917. The summed E-state index contributed by atoms with van der Waals surface area (Å²) in [5, 5.41) is 10.6. The molecule has 14 heavy (non-hydrogen) atoms. The van der Waals surface area contributed by atoms with Crippen molar-refractivity contribution in [3.05, 3.63) is 0 Å². The van der Waals surface area contributed by atoms with Gasteiger partial charge < -0.3 is 5.11 Å². The van der Waals surface area contributed by atoms with E-state index in [9.17, 15) is 9.90 Å². The van der Waals surface area contributed by atoms with E-state index in [-0.39, 0.29) is 11.2 Å². The number of carbonyl (C=O) groups excluding carboxylic acids is 1. The largest absolute Gasteiger partial charge is 0.389 e. The number of aliphatic hydroxyl groups is 1. The first-order valence-electron chi connectivity index (χ1n) is 5.72. The molecule has 0 radical (unpaired) electrons. The van der Waals surface area contributed by atoms with Crippen LogP contribution in [0.15, 0.2) is 0 Å². The van der Waals surface area contributed by atoms with Crippen LogP contribution in [-0.2, 0) is 4.79 Å². The average molecular weight is 196 g/mol. The molecule has 0 aliphatic heterocycles. The summed E-state index contributed by atoms with van der Waals surface area (Å²) in [6, 6.07) is 0. The summed E-state index contributed by atoms with van der Waals surface area (Å²) in [7, 11) is 0. The molecule has 0 amide bonds. The number of hydrogen-bond acceptors (Lipinski definition) is 2. The second-order valence-corrected chi connectivity index (χ2v) is 5.46. The molecule has 80 valence electrons. The third-order valence-corrected chi connectivity index (χ3v) is 4.79. The first-order valence-corrected chi connectivity index (χ1v) is 5.72. The number of hydrogen-bond donors (Lipinski definition) is 1. The van der Waals surface area contributed by atoms with E-state index in [2.05, 4.69) is 13.8 Å². The highest BCUT2D eigenvalue weighted by atomic mass is 16.3. The Hall–Kier alpha value is -0.370. The molecular formula is C12H20O2. The van der Waals surface area contributed by atoms with E-state index in [1.54, 1.807) is 0 Å². The van der Waals surface area contributed by atoms with Gasteiger partial charge in [-0.15, -0.1) is 0 Å². The number of ketones is 1. The molecule has 2 saturated carbocycles. The SMILES string of the molecule is C[C@@H]1CCCC2(O)CC(=O)CC[C@@]12C. The lowest BCUT2D eigenvalue weighted by atomic mass is 9.53. The zero-order chi connectivity index (χ0) is 10.4. The first kappa shape index (κ1) is 10.2. The van der Waals surface area contributed by atoms with Gasteiger partial charge in [-0.05, 0) is 30.6 Å². The summed E-state index contributed by atoms with van der Waals surface area (Å²) >= 11 is 0. The van der Waals surface area contributed by atoms with E-state index in [1.165, 1.54) is 6.42 Å². The van der Waals surface area contributed by atoms with Crippen LogP contribution in [0.5, 0.6) is 0 Å². The average Bonchev–Trinajstić information content (AvgIpc) is 2.10. The lowest BCUT2D eigenvalue weighted by Crippen LogP contribution is -2.56. The Balaban J connectivity index is 2.31. The summed E-state index contributed by atoms with van der Waals surface area (Å²) in [4.78, 5) is 11.4. The van der Waals surface area contributed by atoms with Crippen LogP contribution in [-0.4, -0.2) is 16.5 Å². The van der Waals surface area contributed by atoms with E-state index in [4.69, 9.17) is 0 Å². The van der Waals surface area contributed by atoms with Crippen LogP contribution in [0.3, 0.4) is 0 Å². The minimum absolute atomic E-state index is 0.0147. The highest BCUT2D eigenvalue weighted by molar-refractivity contribution is 5.80. The van der Waals surface area contributed by atoms with Crippen LogP contribution >= 0.6 is 0 Å². The Morgan fingerprint density at radius 3 is 2.86 bits per heavy atom. The number of rotatable bonds is 0. The number of carbonyl (C=O) groups is 1. The van der Waals surface area contributed by atoms with E-state index in [0.29, 0.717) is 18.8 Å². The van der Waals surface area contributed by atoms with Gasteiger partial charge in [-0.2, -0.15) is 0 Å².